The number of urea groups is 1. The Balaban J connectivity index is 1.35. The summed E-state index contributed by atoms with van der Waals surface area (Å²) in [6.45, 7) is 6.85. The molecule has 0 spiro atoms. The van der Waals surface area contributed by atoms with E-state index in [1.165, 1.54) is 5.56 Å². The highest BCUT2D eigenvalue weighted by atomic mass is 16.5. The summed E-state index contributed by atoms with van der Waals surface area (Å²) < 4.78 is 11.0. The van der Waals surface area contributed by atoms with Crippen LogP contribution in [0.2, 0.25) is 0 Å². The van der Waals surface area contributed by atoms with Gasteiger partial charge in [0, 0.05) is 56.8 Å². The van der Waals surface area contributed by atoms with E-state index in [2.05, 4.69) is 44.9 Å². The van der Waals surface area contributed by atoms with Crippen molar-refractivity contribution in [3.05, 3.63) is 23.8 Å². The smallest absolute Gasteiger partial charge is 0.315 e. The average molecular weight is 446 g/mol. The fourth-order valence-electron chi connectivity index (χ4n) is 5.89. The largest absolute Gasteiger partial charge is 0.493 e. The van der Waals surface area contributed by atoms with Crippen molar-refractivity contribution in [1.29, 1.82) is 0 Å². The van der Waals surface area contributed by atoms with Gasteiger partial charge in [-0.2, -0.15) is 0 Å². The molecule has 4 rings (SSSR count). The summed E-state index contributed by atoms with van der Waals surface area (Å²) in [5, 5.41) is 9.67. The number of nitrogens with one attached hydrogen (secondary N) is 3. The van der Waals surface area contributed by atoms with Crippen LogP contribution in [0.25, 0.3) is 0 Å². The molecular weight excluding hydrogens is 406 g/mol. The first-order chi connectivity index (χ1) is 15.6. The van der Waals surface area contributed by atoms with Crippen molar-refractivity contribution in [2.45, 2.75) is 43.2 Å². The van der Waals surface area contributed by atoms with E-state index in [-0.39, 0.29) is 17.5 Å². The minimum atomic E-state index is -0.0376. The molecule has 2 aliphatic heterocycles. The number of likely N-dealkylation sites (N-methyl/N-ethyl adjacent to an activating group) is 1. The van der Waals surface area contributed by atoms with Gasteiger partial charge in [0.15, 0.2) is 11.5 Å². The van der Waals surface area contributed by atoms with Gasteiger partial charge in [-0.1, -0.05) is 6.07 Å². The quantitative estimate of drug-likeness (QED) is 0.589. The monoisotopic (exact) mass is 445 g/mol. The molecule has 0 bridgehead atoms. The SMILES string of the molecule is COc1ccc([C@@]23CC[C@H](NC(=O)NCCN4CCNCC4)C[C@H]2N(C)CC3)cc1OC. The molecule has 8 heteroatoms. The van der Waals surface area contributed by atoms with Crippen LogP contribution in [0.5, 0.6) is 11.5 Å². The van der Waals surface area contributed by atoms with Crippen LogP contribution in [0, 0.1) is 0 Å². The van der Waals surface area contributed by atoms with Crippen LogP contribution in [0.1, 0.15) is 31.2 Å². The van der Waals surface area contributed by atoms with Crippen LogP contribution < -0.4 is 25.4 Å². The highest BCUT2D eigenvalue weighted by Crippen LogP contribution is 2.49. The van der Waals surface area contributed by atoms with Crippen LogP contribution in [0.4, 0.5) is 4.79 Å². The molecule has 2 amide bonds. The van der Waals surface area contributed by atoms with Crippen molar-refractivity contribution < 1.29 is 14.3 Å². The highest BCUT2D eigenvalue weighted by molar-refractivity contribution is 5.74. The fraction of sp³-hybridized carbons (Fsp3) is 0.708. The Hall–Kier alpha value is -2.03. The first-order valence-corrected chi connectivity index (χ1v) is 12.0. The number of hydrogen-bond acceptors (Lipinski definition) is 6. The number of likely N-dealkylation sites (tertiary alicyclic amines) is 1. The lowest BCUT2D eigenvalue weighted by molar-refractivity contribution is 0.154. The topological polar surface area (TPSA) is 78.1 Å². The summed E-state index contributed by atoms with van der Waals surface area (Å²) in [4.78, 5) is 17.4. The van der Waals surface area contributed by atoms with Gasteiger partial charge in [-0.25, -0.2) is 4.79 Å². The molecule has 0 aromatic heterocycles. The van der Waals surface area contributed by atoms with Crippen LogP contribution >= 0.6 is 0 Å². The molecule has 178 valence electrons. The lowest BCUT2D eigenvalue weighted by Crippen LogP contribution is -2.53. The Morgan fingerprint density at radius 1 is 1.16 bits per heavy atom. The Morgan fingerprint density at radius 3 is 2.69 bits per heavy atom. The number of carbonyl (C=O) groups excluding carboxylic acids is 1. The summed E-state index contributed by atoms with van der Waals surface area (Å²) in [7, 11) is 5.58. The van der Waals surface area contributed by atoms with Crippen molar-refractivity contribution in [3.8, 4) is 11.5 Å². The summed E-state index contributed by atoms with van der Waals surface area (Å²) in [6.07, 6.45) is 4.15. The minimum absolute atomic E-state index is 0.0376. The molecule has 3 N–H and O–H groups in total. The van der Waals surface area contributed by atoms with E-state index in [1.807, 2.05) is 6.07 Å². The second kappa shape index (κ2) is 10.3. The third kappa shape index (κ3) is 4.82. The predicted octanol–water partition coefficient (Wildman–Crippen LogP) is 1.40. The maximum Gasteiger partial charge on any atom is 0.315 e. The molecule has 1 aliphatic carbocycles. The number of methoxy groups -OCH3 is 2. The summed E-state index contributed by atoms with van der Waals surface area (Å²) in [6, 6.07) is 6.94. The van der Waals surface area contributed by atoms with Crippen molar-refractivity contribution in [3.63, 3.8) is 0 Å². The van der Waals surface area contributed by atoms with Crippen molar-refractivity contribution in [2.75, 3.05) is 67.1 Å². The zero-order valence-electron chi connectivity index (χ0n) is 19.8. The second-order valence-electron chi connectivity index (χ2n) is 9.44. The number of hydrogen-bond donors (Lipinski definition) is 3. The Bertz CT molecular complexity index is 785. The van der Waals surface area contributed by atoms with Gasteiger partial charge in [-0.05, 0) is 57.0 Å². The van der Waals surface area contributed by atoms with E-state index in [4.69, 9.17) is 9.47 Å². The Kier molecular flexibility index (Phi) is 7.43. The first kappa shape index (κ1) is 23.1. The van der Waals surface area contributed by atoms with Crippen molar-refractivity contribution in [2.24, 2.45) is 0 Å². The molecule has 1 aromatic carbocycles. The van der Waals surface area contributed by atoms with Crippen LogP contribution in [-0.4, -0.2) is 95.0 Å². The average Bonchev–Trinajstić information content (AvgIpc) is 3.16. The van der Waals surface area contributed by atoms with E-state index in [0.717, 1.165) is 76.5 Å². The van der Waals surface area contributed by atoms with Gasteiger partial charge in [0.1, 0.15) is 0 Å². The van der Waals surface area contributed by atoms with Crippen LogP contribution in [-0.2, 0) is 5.41 Å². The molecule has 2 saturated heterocycles. The Labute approximate surface area is 192 Å². The van der Waals surface area contributed by atoms with E-state index in [1.54, 1.807) is 14.2 Å². The Morgan fingerprint density at radius 2 is 1.94 bits per heavy atom. The number of carbonyl (C=O) groups is 1. The third-order valence-corrected chi connectivity index (χ3v) is 7.74. The minimum Gasteiger partial charge on any atom is -0.493 e. The van der Waals surface area contributed by atoms with E-state index in [0.29, 0.717) is 12.6 Å². The van der Waals surface area contributed by atoms with Crippen LogP contribution in [0.15, 0.2) is 18.2 Å². The standard InChI is InChI=1S/C24H39N5O3/c1-28-12-8-24(18-4-5-20(31-2)21(16-18)32-3)7-6-19(17-22(24)28)27-23(30)26-11-15-29-13-9-25-10-14-29/h4-5,16,19,22,25H,6-15,17H2,1-3H3,(H2,26,27,30)/t19-,22+,24-/m0/s1. The summed E-state index contributed by atoms with van der Waals surface area (Å²) in [5.74, 6) is 1.56. The van der Waals surface area contributed by atoms with E-state index in [9.17, 15) is 4.79 Å². The van der Waals surface area contributed by atoms with Gasteiger partial charge in [0.2, 0.25) is 0 Å². The number of fused-ring (bicyclic) bond motifs is 1. The normalized spacial score (nSPS) is 28.7. The lowest BCUT2D eigenvalue weighted by Gasteiger charge is -2.45. The zero-order valence-corrected chi connectivity index (χ0v) is 19.8. The number of rotatable bonds is 7. The highest BCUT2D eigenvalue weighted by Gasteiger charge is 2.50. The lowest BCUT2D eigenvalue weighted by atomic mass is 9.65. The molecule has 8 nitrogen and oxygen atoms in total. The fourth-order valence-corrected chi connectivity index (χ4v) is 5.89. The van der Waals surface area contributed by atoms with E-state index < -0.39 is 0 Å². The third-order valence-electron chi connectivity index (χ3n) is 7.74. The van der Waals surface area contributed by atoms with Gasteiger partial charge >= 0.3 is 6.03 Å². The predicted molar refractivity (Wildman–Crippen MR) is 126 cm³/mol. The molecule has 3 atom stereocenters. The molecule has 0 radical (unpaired) electrons. The van der Waals surface area contributed by atoms with Gasteiger partial charge in [-0.3, -0.25) is 4.90 Å². The molecule has 3 fully saturated rings. The second-order valence-corrected chi connectivity index (χ2v) is 9.44. The maximum absolute atomic E-state index is 12.5. The van der Waals surface area contributed by atoms with Gasteiger partial charge < -0.3 is 30.3 Å². The van der Waals surface area contributed by atoms with Crippen molar-refractivity contribution >= 4 is 6.03 Å². The van der Waals surface area contributed by atoms with Crippen molar-refractivity contribution in [1.82, 2.24) is 25.8 Å². The molecule has 1 aromatic rings. The van der Waals surface area contributed by atoms with Gasteiger partial charge in [0.05, 0.1) is 14.2 Å². The number of ether oxygens (including phenoxy) is 2. The number of piperazine rings is 1. The molecule has 3 aliphatic rings. The summed E-state index contributed by atoms with van der Waals surface area (Å²) in [5.41, 5.74) is 1.43. The van der Waals surface area contributed by atoms with Gasteiger partial charge in [0.25, 0.3) is 0 Å². The molecule has 0 unspecified atom stereocenters. The molecule has 1 saturated carbocycles. The molecule has 2 heterocycles. The number of benzene rings is 1. The number of amides is 2. The van der Waals surface area contributed by atoms with Crippen LogP contribution in [0.3, 0.4) is 0 Å². The van der Waals surface area contributed by atoms with Gasteiger partial charge in [-0.15, -0.1) is 0 Å². The summed E-state index contributed by atoms with van der Waals surface area (Å²) >= 11 is 0. The molecule has 32 heavy (non-hydrogen) atoms. The number of nitrogens with zero attached hydrogens (tertiary/aromatic N) is 2. The van der Waals surface area contributed by atoms with E-state index >= 15 is 0 Å². The maximum atomic E-state index is 12.5. The molecular formula is C24H39N5O3. The first-order valence-electron chi connectivity index (χ1n) is 12.0. The zero-order chi connectivity index (χ0) is 22.6.